The summed E-state index contributed by atoms with van der Waals surface area (Å²) in [7, 11) is 0. The van der Waals surface area contributed by atoms with Crippen LogP contribution in [0.3, 0.4) is 0 Å². The Hall–Kier alpha value is -1.06. The van der Waals surface area contributed by atoms with Crippen LogP contribution in [0.1, 0.15) is 37.5 Å². The van der Waals surface area contributed by atoms with Gasteiger partial charge >= 0.3 is 5.97 Å². The molecule has 1 aromatic rings. The molecule has 18 heavy (non-hydrogen) atoms. The fourth-order valence-electron chi connectivity index (χ4n) is 2.16. The van der Waals surface area contributed by atoms with E-state index in [4.69, 9.17) is 5.11 Å². The average molecular weight is 270 g/mol. The lowest BCUT2D eigenvalue weighted by atomic mass is 9.83. The van der Waals surface area contributed by atoms with Gasteiger partial charge < -0.3 is 10.4 Å². The van der Waals surface area contributed by atoms with Crippen molar-refractivity contribution in [1.29, 1.82) is 0 Å². The summed E-state index contributed by atoms with van der Waals surface area (Å²) in [6.45, 7) is 7.21. The molecule has 0 saturated carbocycles. The summed E-state index contributed by atoms with van der Waals surface area (Å²) in [6.07, 6.45) is 0.578. The zero-order valence-corrected chi connectivity index (χ0v) is 11.8. The second kappa shape index (κ2) is 5.29. The highest BCUT2D eigenvalue weighted by Crippen LogP contribution is 2.26. The summed E-state index contributed by atoms with van der Waals surface area (Å²) in [4.78, 5) is 10.9. The Kier molecular flexibility index (Phi) is 4.41. The number of carboxylic acids is 1. The maximum Gasteiger partial charge on any atom is 0.321 e. The number of halogens is 1. The molecular weight excluding hydrogens is 250 g/mol. The molecule has 3 nitrogen and oxygen atoms in total. The molecule has 1 aromatic carbocycles. The SMILES string of the molecule is CC(C)(C)c1ccc2c(c1)CNC(C(=O)O)C2.Cl. The molecule has 1 aliphatic heterocycles. The molecule has 0 saturated heterocycles. The molecule has 100 valence electrons. The summed E-state index contributed by atoms with van der Waals surface area (Å²) in [6, 6.07) is 5.94. The van der Waals surface area contributed by atoms with Crippen molar-refractivity contribution in [2.75, 3.05) is 0 Å². The van der Waals surface area contributed by atoms with E-state index in [1.54, 1.807) is 0 Å². The Morgan fingerprint density at radius 2 is 2.00 bits per heavy atom. The standard InChI is InChI=1S/C14H19NO2.ClH/c1-14(2,3)11-5-4-9-7-12(13(16)17)15-8-10(9)6-11;/h4-6,12,15H,7-8H2,1-3H3,(H,16,17);1H. The van der Waals surface area contributed by atoms with Crippen LogP contribution in [0.5, 0.6) is 0 Å². The van der Waals surface area contributed by atoms with Gasteiger partial charge in [0.2, 0.25) is 0 Å². The van der Waals surface area contributed by atoms with Crippen molar-refractivity contribution in [3.63, 3.8) is 0 Å². The Morgan fingerprint density at radius 1 is 1.33 bits per heavy atom. The van der Waals surface area contributed by atoms with E-state index in [-0.39, 0.29) is 17.8 Å². The number of nitrogens with one attached hydrogen (secondary N) is 1. The van der Waals surface area contributed by atoms with Crippen molar-refractivity contribution in [2.24, 2.45) is 0 Å². The lowest BCUT2D eigenvalue weighted by Gasteiger charge is -2.26. The maximum absolute atomic E-state index is 10.9. The molecule has 0 bridgehead atoms. The van der Waals surface area contributed by atoms with Crippen molar-refractivity contribution in [1.82, 2.24) is 5.32 Å². The van der Waals surface area contributed by atoms with E-state index in [0.717, 1.165) is 5.56 Å². The number of carboxylic acid groups (broad SMARTS) is 1. The van der Waals surface area contributed by atoms with Gasteiger partial charge in [-0.15, -0.1) is 12.4 Å². The molecule has 0 amide bonds. The largest absolute Gasteiger partial charge is 0.480 e. The van der Waals surface area contributed by atoms with E-state index in [1.165, 1.54) is 11.1 Å². The van der Waals surface area contributed by atoms with Gasteiger partial charge in [-0.2, -0.15) is 0 Å². The van der Waals surface area contributed by atoms with E-state index in [1.807, 2.05) is 0 Å². The molecule has 2 rings (SSSR count). The predicted molar refractivity (Wildman–Crippen MR) is 74.4 cm³/mol. The van der Waals surface area contributed by atoms with Gasteiger partial charge in [-0.25, -0.2) is 0 Å². The zero-order chi connectivity index (χ0) is 12.6. The first-order valence-corrected chi connectivity index (χ1v) is 5.96. The Labute approximate surface area is 114 Å². The van der Waals surface area contributed by atoms with Crippen LogP contribution in [-0.2, 0) is 23.2 Å². The minimum Gasteiger partial charge on any atom is -0.480 e. The first-order valence-electron chi connectivity index (χ1n) is 5.96. The van der Waals surface area contributed by atoms with Gasteiger partial charge in [0.25, 0.3) is 0 Å². The van der Waals surface area contributed by atoms with Crippen LogP contribution in [0.2, 0.25) is 0 Å². The molecular formula is C14H20ClNO2. The second-order valence-corrected chi connectivity index (χ2v) is 5.71. The van der Waals surface area contributed by atoms with Gasteiger partial charge in [0.1, 0.15) is 6.04 Å². The smallest absolute Gasteiger partial charge is 0.321 e. The second-order valence-electron chi connectivity index (χ2n) is 5.71. The number of benzene rings is 1. The summed E-state index contributed by atoms with van der Waals surface area (Å²) in [5, 5.41) is 12.0. The van der Waals surface area contributed by atoms with Gasteiger partial charge in [0, 0.05) is 6.54 Å². The summed E-state index contributed by atoms with van der Waals surface area (Å²) in [5.74, 6) is -0.768. The number of aliphatic carboxylic acids is 1. The van der Waals surface area contributed by atoms with E-state index < -0.39 is 12.0 Å². The number of hydrogen-bond donors (Lipinski definition) is 2. The third-order valence-corrected chi connectivity index (χ3v) is 3.33. The fourth-order valence-corrected chi connectivity index (χ4v) is 2.16. The van der Waals surface area contributed by atoms with Gasteiger partial charge in [-0.05, 0) is 28.5 Å². The van der Waals surface area contributed by atoms with Crippen LogP contribution >= 0.6 is 12.4 Å². The van der Waals surface area contributed by atoms with Crippen molar-refractivity contribution in [2.45, 2.75) is 45.2 Å². The molecule has 1 unspecified atom stereocenters. The Morgan fingerprint density at radius 3 is 2.56 bits per heavy atom. The molecule has 0 aliphatic carbocycles. The average Bonchev–Trinajstić information content (AvgIpc) is 2.26. The molecule has 1 heterocycles. The van der Waals surface area contributed by atoms with Crippen molar-refractivity contribution >= 4 is 18.4 Å². The van der Waals surface area contributed by atoms with E-state index in [2.05, 4.69) is 44.3 Å². The number of hydrogen-bond acceptors (Lipinski definition) is 2. The fraction of sp³-hybridized carbons (Fsp3) is 0.500. The van der Waals surface area contributed by atoms with E-state index in [0.29, 0.717) is 13.0 Å². The molecule has 0 spiro atoms. The molecule has 0 fully saturated rings. The number of fused-ring (bicyclic) bond motifs is 1. The van der Waals surface area contributed by atoms with Crippen LogP contribution in [0.4, 0.5) is 0 Å². The van der Waals surface area contributed by atoms with Crippen LogP contribution in [0, 0.1) is 0 Å². The van der Waals surface area contributed by atoms with Crippen LogP contribution in [0.15, 0.2) is 18.2 Å². The summed E-state index contributed by atoms with van der Waals surface area (Å²) in [5.41, 5.74) is 3.82. The molecule has 1 aliphatic rings. The van der Waals surface area contributed by atoms with Crippen LogP contribution < -0.4 is 5.32 Å². The van der Waals surface area contributed by atoms with Gasteiger partial charge in [-0.1, -0.05) is 39.0 Å². The summed E-state index contributed by atoms with van der Waals surface area (Å²) >= 11 is 0. The molecule has 2 N–H and O–H groups in total. The van der Waals surface area contributed by atoms with Crippen molar-refractivity contribution in [3.8, 4) is 0 Å². The summed E-state index contributed by atoms with van der Waals surface area (Å²) < 4.78 is 0. The van der Waals surface area contributed by atoms with E-state index >= 15 is 0 Å². The first-order chi connectivity index (χ1) is 7.88. The number of rotatable bonds is 1. The third-order valence-electron chi connectivity index (χ3n) is 3.33. The van der Waals surface area contributed by atoms with Crippen LogP contribution in [0.25, 0.3) is 0 Å². The molecule has 4 heteroatoms. The topological polar surface area (TPSA) is 49.3 Å². The van der Waals surface area contributed by atoms with Crippen LogP contribution in [-0.4, -0.2) is 17.1 Å². The quantitative estimate of drug-likeness (QED) is 0.824. The minimum absolute atomic E-state index is 0. The first kappa shape index (κ1) is 15.0. The van der Waals surface area contributed by atoms with Gasteiger partial charge in [-0.3, -0.25) is 4.79 Å². The number of carbonyl (C=O) groups is 1. The van der Waals surface area contributed by atoms with Gasteiger partial charge in [0.05, 0.1) is 0 Å². The maximum atomic E-state index is 10.9. The Bertz CT molecular complexity index is 452. The highest BCUT2D eigenvalue weighted by atomic mass is 35.5. The zero-order valence-electron chi connectivity index (χ0n) is 11.0. The lowest BCUT2D eigenvalue weighted by Crippen LogP contribution is -2.41. The minimum atomic E-state index is -0.768. The molecule has 0 radical (unpaired) electrons. The van der Waals surface area contributed by atoms with Crippen molar-refractivity contribution < 1.29 is 9.90 Å². The third kappa shape index (κ3) is 3.03. The highest BCUT2D eigenvalue weighted by Gasteiger charge is 2.24. The normalized spacial score (nSPS) is 18.7. The predicted octanol–water partition coefficient (Wildman–Crippen LogP) is 2.50. The van der Waals surface area contributed by atoms with Crippen molar-refractivity contribution in [3.05, 3.63) is 34.9 Å². The van der Waals surface area contributed by atoms with Gasteiger partial charge in [0.15, 0.2) is 0 Å². The lowest BCUT2D eigenvalue weighted by molar-refractivity contribution is -0.139. The van der Waals surface area contributed by atoms with E-state index in [9.17, 15) is 4.79 Å². The molecule has 1 atom stereocenters. The monoisotopic (exact) mass is 269 g/mol. The molecule has 0 aromatic heterocycles. The highest BCUT2D eigenvalue weighted by molar-refractivity contribution is 5.85. The Balaban J connectivity index is 0.00000162.